The number of thioether (sulfide) groups is 1. The molecule has 1 fully saturated rings. The Morgan fingerprint density at radius 2 is 2.00 bits per heavy atom. The molecule has 1 N–H and O–H groups in total. The van der Waals surface area contributed by atoms with Crippen LogP contribution in [0.1, 0.15) is 16.0 Å². The molecular weight excluding hydrogens is 356 g/mol. The molecule has 0 aliphatic carbocycles. The second-order valence-corrected chi connectivity index (χ2v) is 7.46. The maximum atomic E-state index is 12.3. The van der Waals surface area contributed by atoms with Crippen molar-refractivity contribution >= 4 is 46.2 Å². The monoisotopic (exact) mass is 372 g/mol. The molecule has 128 valence electrons. The van der Waals surface area contributed by atoms with Gasteiger partial charge in [0.15, 0.2) is 0 Å². The van der Waals surface area contributed by atoms with Crippen LogP contribution in [-0.4, -0.2) is 28.5 Å². The average Bonchev–Trinajstić information content (AvgIpc) is 3.18. The molecule has 2 heterocycles. The number of hydrogen-bond acceptors (Lipinski definition) is 5. The highest BCUT2D eigenvalue weighted by molar-refractivity contribution is 8.18. The van der Waals surface area contributed by atoms with Gasteiger partial charge in [0.25, 0.3) is 11.1 Å². The summed E-state index contributed by atoms with van der Waals surface area (Å²) in [6.45, 7) is 2.07. The van der Waals surface area contributed by atoms with Crippen molar-refractivity contribution in [1.82, 2.24) is 10.2 Å². The van der Waals surface area contributed by atoms with Gasteiger partial charge in [-0.05, 0) is 47.3 Å². The maximum absolute atomic E-state index is 12.3. The van der Waals surface area contributed by atoms with Crippen molar-refractivity contribution in [2.75, 3.05) is 6.54 Å². The Balaban J connectivity index is 1.60. The number of hydrogen-bond donors (Lipinski definition) is 1. The molecule has 3 amide bonds. The number of amides is 3. The van der Waals surface area contributed by atoms with Gasteiger partial charge in [-0.15, -0.1) is 11.3 Å². The number of thiophene rings is 1. The van der Waals surface area contributed by atoms with Gasteiger partial charge in [-0.1, -0.05) is 30.3 Å². The molecule has 0 spiro atoms. The van der Waals surface area contributed by atoms with Gasteiger partial charge in [-0.2, -0.15) is 0 Å². The first-order valence-corrected chi connectivity index (χ1v) is 9.34. The first-order chi connectivity index (χ1) is 12.0. The third-order valence-corrected chi connectivity index (χ3v) is 5.46. The van der Waals surface area contributed by atoms with E-state index in [2.05, 4.69) is 5.32 Å². The summed E-state index contributed by atoms with van der Waals surface area (Å²) in [7, 11) is 0. The summed E-state index contributed by atoms with van der Waals surface area (Å²) in [4.78, 5) is 38.7. The lowest BCUT2D eigenvalue weighted by Crippen LogP contribution is -2.39. The SMILES string of the molecule is Cc1ccccc1CNC(=O)CN1C(=O)S/C(=C\c2cccs2)C1=O. The van der Waals surface area contributed by atoms with Crippen LogP contribution in [0.4, 0.5) is 4.79 Å². The standard InChI is InChI=1S/C18H16N2O3S2/c1-12-5-2-3-6-13(12)10-19-16(21)11-20-17(22)15(25-18(20)23)9-14-7-4-8-24-14/h2-9H,10-11H2,1H3,(H,19,21)/b15-9-. The lowest BCUT2D eigenvalue weighted by molar-refractivity contribution is -0.129. The van der Waals surface area contributed by atoms with Crippen LogP contribution in [0.25, 0.3) is 6.08 Å². The van der Waals surface area contributed by atoms with Crippen LogP contribution >= 0.6 is 23.1 Å². The fraction of sp³-hybridized carbons (Fsp3) is 0.167. The minimum atomic E-state index is -0.422. The third kappa shape index (κ3) is 4.18. The van der Waals surface area contributed by atoms with Gasteiger partial charge in [0.2, 0.25) is 5.91 Å². The molecule has 1 aliphatic rings. The largest absolute Gasteiger partial charge is 0.350 e. The lowest BCUT2D eigenvalue weighted by atomic mass is 10.1. The zero-order valence-electron chi connectivity index (χ0n) is 13.5. The maximum Gasteiger partial charge on any atom is 0.294 e. The van der Waals surface area contributed by atoms with E-state index in [1.54, 1.807) is 6.08 Å². The third-order valence-electron chi connectivity index (χ3n) is 3.73. The van der Waals surface area contributed by atoms with Crippen LogP contribution in [0.15, 0.2) is 46.7 Å². The van der Waals surface area contributed by atoms with Crippen LogP contribution < -0.4 is 5.32 Å². The van der Waals surface area contributed by atoms with Crippen molar-refractivity contribution in [3.63, 3.8) is 0 Å². The molecule has 0 atom stereocenters. The van der Waals surface area contributed by atoms with Crippen molar-refractivity contribution in [3.8, 4) is 0 Å². The number of benzene rings is 1. The normalized spacial score (nSPS) is 15.9. The van der Waals surface area contributed by atoms with E-state index in [0.29, 0.717) is 11.4 Å². The number of aryl methyl sites for hydroxylation is 1. The number of nitrogens with one attached hydrogen (secondary N) is 1. The number of rotatable bonds is 5. The topological polar surface area (TPSA) is 66.5 Å². The second-order valence-electron chi connectivity index (χ2n) is 5.49. The minimum absolute atomic E-state index is 0.266. The Labute approximate surface area is 153 Å². The summed E-state index contributed by atoms with van der Waals surface area (Å²) in [6, 6.07) is 11.5. The van der Waals surface area contributed by atoms with Crippen LogP contribution in [-0.2, 0) is 16.1 Å². The van der Waals surface area contributed by atoms with E-state index in [9.17, 15) is 14.4 Å². The highest BCUT2D eigenvalue weighted by atomic mass is 32.2. The van der Waals surface area contributed by atoms with E-state index in [1.807, 2.05) is 48.7 Å². The molecule has 1 saturated heterocycles. The van der Waals surface area contributed by atoms with Gasteiger partial charge in [0.05, 0.1) is 4.91 Å². The fourth-order valence-corrected chi connectivity index (χ4v) is 3.90. The van der Waals surface area contributed by atoms with Crippen molar-refractivity contribution < 1.29 is 14.4 Å². The van der Waals surface area contributed by atoms with Crippen LogP contribution in [0.3, 0.4) is 0 Å². The molecule has 25 heavy (non-hydrogen) atoms. The molecule has 2 aromatic rings. The molecule has 0 saturated carbocycles. The lowest BCUT2D eigenvalue weighted by Gasteiger charge is -2.13. The zero-order valence-corrected chi connectivity index (χ0v) is 15.2. The Hall–Kier alpha value is -2.38. The minimum Gasteiger partial charge on any atom is -0.350 e. The molecule has 7 heteroatoms. The van der Waals surface area contributed by atoms with Gasteiger partial charge in [0.1, 0.15) is 6.54 Å². The summed E-state index contributed by atoms with van der Waals surface area (Å²) < 4.78 is 0. The summed E-state index contributed by atoms with van der Waals surface area (Å²) in [5, 5.41) is 4.24. The number of nitrogens with zero attached hydrogens (tertiary/aromatic N) is 1. The summed E-state index contributed by atoms with van der Waals surface area (Å²) in [5.41, 5.74) is 2.08. The average molecular weight is 372 g/mol. The molecule has 0 unspecified atom stereocenters. The first-order valence-electron chi connectivity index (χ1n) is 7.64. The molecule has 1 aromatic carbocycles. The highest BCUT2D eigenvalue weighted by Crippen LogP contribution is 2.32. The molecule has 0 radical (unpaired) electrons. The van der Waals surface area contributed by atoms with Crippen molar-refractivity contribution in [2.24, 2.45) is 0 Å². The van der Waals surface area contributed by atoms with E-state index < -0.39 is 11.1 Å². The van der Waals surface area contributed by atoms with E-state index >= 15 is 0 Å². The van der Waals surface area contributed by atoms with Gasteiger partial charge in [-0.3, -0.25) is 19.3 Å². The molecule has 1 aliphatic heterocycles. The Morgan fingerprint density at radius 1 is 1.20 bits per heavy atom. The van der Waals surface area contributed by atoms with Crippen LogP contribution in [0, 0.1) is 6.92 Å². The molecular formula is C18H16N2O3S2. The Bertz CT molecular complexity index is 844. The van der Waals surface area contributed by atoms with Crippen molar-refractivity contribution in [3.05, 3.63) is 62.7 Å². The summed E-state index contributed by atoms with van der Waals surface area (Å²) in [5.74, 6) is -0.780. The predicted octanol–water partition coefficient (Wildman–Crippen LogP) is 3.41. The number of imide groups is 1. The predicted molar refractivity (Wildman–Crippen MR) is 100 cm³/mol. The quantitative estimate of drug-likeness (QED) is 0.817. The van der Waals surface area contributed by atoms with Crippen LogP contribution in [0.2, 0.25) is 0 Å². The smallest absolute Gasteiger partial charge is 0.294 e. The molecule has 0 bridgehead atoms. The van der Waals surface area contributed by atoms with Gasteiger partial charge < -0.3 is 5.32 Å². The van der Waals surface area contributed by atoms with E-state index in [-0.39, 0.29) is 12.5 Å². The molecule has 3 rings (SSSR count). The van der Waals surface area contributed by atoms with Crippen LogP contribution in [0.5, 0.6) is 0 Å². The van der Waals surface area contributed by atoms with E-state index in [4.69, 9.17) is 0 Å². The molecule has 5 nitrogen and oxygen atoms in total. The summed E-state index contributed by atoms with van der Waals surface area (Å²) in [6.07, 6.45) is 1.68. The van der Waals surface area contributed by atoms with E-state index in [0.717, 1.165) is 32.7 Å². The number of carbonyl (C=O) groups is 3. The number of carbonyl (C=O) groups excluding carboxylic acids is 3. The van der Waals surface area contributed by atoms with Crippen molar-refractivity contribution in [2.45, 2.75) is 13.5 Å². The second kappa shape index (κ2) is 7.67. The Kier molecular flexibility index (Phi) is 5.35. The van der Waals surface area contributed by atoms with Gasteiger partial charge in [0, 0.05) is 11.4 Å². The fourth-order valence-electron chi connectivity index (χ4n) is 2.34. The van der Waals surface area contributed by atoms with Gasteiger partial charge >= 0.3 is 0 Å². The van der Waals surface area contributed by atoms with Crippen molar-refractivity contribution in [1.29, 1.82) is 0 Å². The van der Waals surface area contributed by atoms with E-state index in [1.165, 1.54) is 11.3 Å². The summed E-state index contributed by atoms with van der Waals surface area (Å²) >= 11 is 2.35. The first kappa shape index (κ1) is 17.4. The molecule has 1 aromatic heterocycles. The zero-order chi connectivity index (χ0) is 17.8. The Morgan fingerprint density at radius 3 is 2.72 bits per heavy atom. The van der Waals surface area contributed by atoms with Gasteiger partial charge in [-0.25, -0.2) is 0 Å². The highest BCUT2D eigenvalue weighted by Gasteiger charge is 2.36.